The summed E-state index contributed by atoms with van der Waals surface area (Å²) in [5, 5.41) is 2.96. The minimum atomic E-state index is -0.541. The molecule has 0 aliphatic rings. The van der Waals surface area contributed by atoms with Crippen LogP contribution >= 0.6 is 11.6 Å². The highest BCUT2D eigenvalue weighted by molar-refractivity contribution is 6.34. The van der Waals surface area contributed by atoms with Crippen molar-refractivity contribution in [1.82, 2.24) is 0 Å². The van der Waals surface area contributed by atoms with Crippen molar-refractivity contribution in [1.29, 1.82) is 0 Å². The number of rotatable bonds is 4. The van der Waals surface area contributed by atoms with Crippen molar-refractivity contribution in [3.05, 3.63) is 28.8 Å². The summed E-state index contributed by atoms with van der Waals surface area (Å²) < 4.78 is 4.88. The van der Waals surface area contributed by atoms with E-state index >= 15 is 0 Å². The van der Waals surface area contributed by atoms with Crippen LogP contribution in [-0.4, -0.2) is 24.9 Å². The number of carbonyl (C=O) groups excluding carboxylic acids is 2. The number of anilines is 1. The first kappa shape index (κ1) is 13.7. The van der Waals surface area contributed by atoms with E-state index in [1.165, 1.54) is 14.0 Å². The number of nitrogens with one attached hydrogen (secondary N) is 1. The average molecular weight is 256 g/mol. The molecule has 0 spiro atoms. The number of ether oxygens (including phenoxy) is 1. The lowest BCUT2D eigenvalue weighted by Crippen LogP contribution is -2.26. The third-order valence-electron chi connectivity index (χ3n) is 2.34. The molecule has 92 valence electrons. The molecule has 17 heavy (non-hydrogen) atoms. The molecule has 0 unspecified atom stereocenters. The molecular formula is C12H14ClNO3. The van der Waals surface area contributed by atoms with Crippen molar-refractivity contribution in [2.75, 3.05) is 12.4 Å². The molecule has 1 amide bonds. The summed E-state index contributed by atoms with van der Waals surface area (Å²) in [6.07, 6.45) is -0.541. The Kier molecular flexibility index (Phi) is 4.66. The molecule has 1 aromatic carbocycles. The number of halogens is 1. The largest absolute Gasteiger partial charge is 0.372 e. The molecule has 1 N–H and O–H groups in total. The van der Waals surface area contributed by atoms with E-state index < -0.39 is 6.10 Å². The summed E-state index contributed by atoms with van der Waals surface area (Å²) in [5.74, 6) is -0.378. The van der Waals surface area contributed by atoms with Crippen LogP contribution in [0.2, 0.25) is 5.02 Å². The van der Waals surface area contributed by atoms with E-state index in [1.807, 2.05) is 0 Å². The third kappa shape index (κ3) is 3.54. The Morgan fingerprint density at radius 3 is 2.53 bits per heavy atom. The van der Waals surface area contributed by atoms with E-state index in [4.69, 9.17) is 16.3 Å². The van der Waals surface area contributed by atoms with Crippen molar-refractivity contribution in [3.63, 3.8) is 0 Å². The van der Waals surface area contributed by atoms with Gasteiger partial charge in [0, 0.05) is 18.4 Å². The Bertz CT molecular complexity index is 445. The predicted molar refractivity (Wildman–Crippen MR) is 66.6 cm³/mol. The fraction of sp³-hybridized carbons (Fsp3) is 0.333. The molecule has 0 bridgehead atoms. The van der Waals surface area contributed by atoms with Gasteiger partial charge in [-0.05, 0) is 32.0 Å². The smallest absolute Gasteiger partial charge is 0.253 e. The Hall–Kier alpha value is -1.39. The number of carbonyl (C=O) groups is 2. The van der Waals surface area contributed by atoms with E-state index in [0.717, 1.165) is 0 Å². The van der Waals surface area contributed by atoms with Crippen LogP contribution in [0.4, 0.5) is 5.69 Å². The van der Waals surface area contributed by atoms with Gasteiger partial charge in [0.05, 0.1) is 5.02 Å². The van der Waals surface area contributed by atoms with Gasteiger partial charge in [-0.1, -0.05) is 11.6 Å². The number of Topliss-reactive ketones (excluding diaryl/α,β-unsaturated/α-hetero) is 1. The molecule has 4 nitrogen and oxygen atoms in total. The SMILES string of the molecule is CO[C@H](C)C(=O)Nc1ccc(C(C)=O)c(Cl)c1. The first-order valence-electron chi connectivity index (χ1n) is 5.10. The molecule has 0 saturated carbocycles. The number of methoxy groups -OCH3 is 1. The molecule has 0 fully saturated rings. The van der Waals surface area contributed by atoms with Crippen LogP contribution in [0.25, 0.3) is 0 Å². The lowest BCUT2D eigenvalue weighted by atomic mass is 10.1. The Balaban J connectivity index is 2.84. The van der Waals surface area contributed by atoms with Gasteiger partial charge in [0.25, 0.3) is 5.91 Å². The van der Waals surface area contributed by atoms with Crippen LogP contribution in [0.1, 0.15) is 24.2 Å². The van der Waals surface area contributed by atoms with E-state index in [2.05, 4.69) is 5.32 Å². The number of ketones is 1. The van der Waals surface area contributed by atoms with E-state index in [0.29, 0.717) is 16.3 Å². The van der Waals surface area contributed by atoms with Crippen LogP contribution in [0, 0.1) is 0 Å². The molecule has 0 heterocycles. The summed E-state index contributed by atoms with van der Waals surface area (Å²) in [7, 11) is 1.45. The molecule has 1 rings (SSSR count). The van der Waals surface area contributed by atoms with Gasteiger partial charge in [-0.3, -0.25) is 9.59 Å². The van der Waals surface area contributed by atoms with Crippen molar-refractivity contribution in [2.24, 2.45) is 0 Å². The highest BCUT2D eigenvalue weighted by Crippen LogP contribution is 2.21. The number of benzene rings is 1. The maximum absolute atomic E-state index is 11.5. The zero-order chi connectivity index (χ0) is 13.0. The molecule has 5 heteroatoms. The zero-order valence-corrected chi connectivity index (χ0v) is 10.7. The van der Waals surface area contributed by atoms with Gasteiger partial charge in [0.2, 0.25) is 0 Å². The van der Waals surface area contributed by atoms with Crippen LogP contribution < -0.4 is 5.32 Å². The number of hydrogen-bond acceptors (Lipinski definition) is 3. The Labute approximate surface area is 105 Å². The second kappa shape index (κ2) is 5.80. The molecule has 1 atom stereocenters. The molecule has 0 aromatic heterocycles. The molecule has 0 aliphatic carbocycles. The molecule has 1 aromatic rings. The number of amides is 1. The first-order valence-corrected chi connectivity index (χ1v) is 5.47. The minimum absolute atomic E-state index is 0.113. The van der Waals surface area contributed by atoms with Gasteiger partial charge in [-0.15, -0.1) is 0 Å². The minimum Gasteiger partial charge on any atom is -0.372 e. The van der Waals surface area contributed by atoms with Crippen molar-refractivity contribution in [2.45, 2.75) is 20.0 Å². The van der Waals surface area contributed by atoms with Crippen LogP contribution in [0.15, 0.2) is 18.2 Å². The van der Waals surface area contributed by atoms with Crippen LogP contribution in [-0.2, 0) is 9.53 Å². The average Bonchev–Trinajstić information content (AvgIpc) is 2.27. The van der Waals surface area contributed by atoms with E-state index in [-0.39, 0.29) is 11.7 Å². The first-order chi connectivity index (χ1) is 7.95. The van der Waals surface area contributed by atoms with E-state index in [9.17, 15) is 9.59 Å². The zero-order valence-electron chi connectivity index (χ0n) is 9.91. The molecule has 0 radical (unpaired) electrons. The second-order valence-corrected chi connectivity index (χ2v) is 4.03. The van der Waals surface area contributed by atoms with Gasteiger partial charge in [0.1, 0.15) is 6.10 Å². The van der Waals surface area contributed by atoms with Gasteiger partial charge >= 0.3 is 0 Å². The maximum atomic E-state index is 11.5. The van der Waals surface area contributed by atoms with Crippen molar-refractivity contribution in [3.8, 4) is 0 Å². The highest BCUT2D eigenvalue weighted by Gasteiger charge is 2.13. The Morgan fingerprint density at radius 2 is 2.06 bits per heavy atom. The highest BCUT2D eigenvalue weighted by atomic mass is 35.5. The summed E-state index contributed by atoms with van der Waals surface area (Å²) >= 11 is 5.92. The lowest BCUT2D eigenvalue weighted by Gasteiger charge is -2.11. The predicted octanol–water partition coefficient (Wildman–Crippen LogP) is 2.52. The van der Waals surface area contributed by atoms with Gasteiger partial charge < -0.3 is 10.1 Å². The lowest BCUT2D eigenvalue weighted by molar-refractivity contribution is -0.124. The quantitative estimate of drug-likeness (QED) is 0.841. The normalized spacial score (nSPS) is 12.0. The second-order valence-electron chi connectivity index (χ2n) is 3.62. The molecule has 0 saturated heterocycles. The van der Waals surface area contributed by atoms with Crippen molar-refractivity contribution >= 4 is 29.0 Å². The van der Waals surface area contributed by atoms with Gasteiger partial charge in [-0.25, -0.2) is 0 Å². The molecular weight excluding hydrogens is 242 g/mol. The maximum Gasteiger partial charge on any atom is 0.253 e. The standard InChI is InChI=1S/C12H14ClNO3/c1-7(15)10-5-4-9(6-11(10)13)14-12(16)8(2)17-3/h4-6,8H,1-3H3,(H,14,16)/t8-/m1/s1. The topological polar surface area (TPSA) is 55.4 Å². The van der Waals surface area contributed by atoms with Gasteiger partial charge in [-0.2, -0.15) is 0 Å². The fourth-order valence-electron chi connectivity index (χ4n) is 1.23. The summed E-state index contributed by atoms with van der Waals surface area (Å²) in [5.41, 5.74) is 0.971. The Morgan fingerprint density at radius 1 is 1.41 bits per heavy atom. The van der Waals surface area contributed by atoms with Crippen LogP contribution in [0.3, 0.4) is 0 Å². The van der Waals surface area contributed by atoms with Gasteiger partial charge in [0.15, 0.2) is 5.78 Å². The number of hydrogen-bond donors (Lipinski definition) is 1. The third-order valence-corrected chi connectivity index (χ3v) is 2.65. The summed E-state index contributed by atoms with van der Waals surface area (Å²) in [6.45, 7) is 3.08. The van der Waals surface area contributed by atoms with E-state index in [1.54, 1.807) is 25.1 Å². The summed E-state index contributed by atoms with van der Waals surface area (Å²) in [4.78, 5) is 22.7. The van der Waals surface area contributed by atoms with Crippen molar-refractivity contribution < 1.29 is 14.3 Å². The van der Waals surface area contributed by atoms with Crippen LogP contribution in [0.5, 0.6) is 0 Å². The monoisotopic (exact) mass is 255 g/mol. The summed E-state index contributed by atoms with van der Waals surface area (Å²) in [6, 6.07) is 4.75. The fourth-order valence-corrected chi connectivity index (χ4v) is 1.54. The molecule has 0 aliphatic heterocycles.